The zero-order valence-electron chi connectivity index (χ0n) is 19.8. The molecule has 0 radical (unpaired) electrons. The summed E-state index contributed by atoms with van der Waals surface area (Å²) in [5, 5.41) is 0. The lowest BCUT2D eigenvalue weighted by atomic mass is 9.96. The predicted molar refractivity (Wildman–Crippen MR) is 126 cm³/mol. The van der Waals surface area contributed by atoms with E-state index < -0.39 is 10.0 Å². The normalized spacial score (nSPS) is 22.8. The van der Waals surface area contributed by atoms with Crippen molar-refractivity contribution in [3.05, 3.63) is 29.8 Å². The van der Waals surface area contributed by atoms with Crippen molar-refractivity contribution in [2.45, 2.75) is 50.3 Å². The van der Waals surface area contributed by atoms with Crippen molar-refractivity contribution in [3.8, 4) is 0 Å². The molecule has 1 aromatic rings. The molecule has 0 spiro atoms. The van der Waals surface area contributed by atoms with Crippen molar-refractivity contribution < 1.29 is 18.0 Å². The maximum absolute atomic E-state index is 13.2. The van der Waals surface area contributed by atoms with Crippen LogP contribution in [-0.2, 0) is 14.8 Å². The van der Waals surface area contributed by atoms with Gasteiger partial charge in [-0.1, -0.05) is 26.0 Å². The van der Waals surface area contributed by atoms with Crippen LogP contribution in [-0.4, -0.2) is 91.7 Å². The van der Waals surface area contributed by atoms with Crippen LogP contribution in [0.15, 0.2) is 29.2 Å². The lowest BCUT2D eigenvalue weighted by molar-refractivity contribution is -0.138. The molecule has 3 fully saturated rings. The van der Waals surface area contributed by atoms with Crippen molar-refractivity contribution in [1.29, 1.82) is 0 Å². The van der Waals surface area contributed by atoms with Gasteiger partial charge in [0, 0.05) is 52.4 Å². The molecular formula is C24H36N4O4S. The number of hydrogen-bond donors (Lipinski definition) is 0. The summed E-state index contributed by atoms with van der Waals surface area (Å²) >= 11 is 0. The van der Waals surface area contributed by atoms with Crippen LogP contribution in [0.2, 0.25) is 0 Å². The average Bonchev–Trinajstić information content (AvgIpc) is 3.38. The van der Waals surface area contributed by atoms with Crippen molar-refractivity contribution >= 4 is 22.0 Å². The standard InChI is InChI=1S/C24H36N4O4S/c1-19(2)20-7-9-22(10-8-20)33(31,32)28-16-14-25(15-17-28)23(29)21-6-5-13-27(18-21)24(30)26-11-3-4-12-26/h7-10,19,21H,3-6,11-18H2,1-2H3/t21-/m1/s1. The van der Waals surface area contributed by atoms with Gasteiger partial charge in [0.2, 0.25) is 15.9 Å². The molecule has 33 heavy (non-hydrogen) atoms. The van der Waals surface area contributed by atoms with Gasteiger partial charge in [-0.3, -0.25) is 4.79 Å². The van der Waals surface area contributed by atoms with E-state index in [9.17, 15) is 18.0 Å². The Labute approximate surface area is 197 Å². The lowest BCUT2D eigenvalue weighted by Gasteiger charge is -2.39. The highest BCUT2D eigenvalue weighted by Crippen LogP contribution is 2.24. The molecule has 9 heteroatoms. The van der Waals surface area contributed by atoms with Crippen LogP contribution in [0.25, 0.3) is 0 Å². The minimum Gasteiger partial charge on any atom is -0.340 e. The number of carbonyl (C=O) groups excluding carboxylic acids is 2. The zero-order chi connectivity index (χ0) is 23.6. The minimum absolute atomic E-state index is 0.0484. The molecule has 3 aliphatic rings. The van der Waals surface area contributed by atoms with Crippen molar-refractivity contribution in [1.82, 2.24) is 19.0 Å². The molecule has 0 aliphatic carbocycles. The Bertz CT molecular complexity index is 949. The molecule has 182 valence electrons. The summed E-state index contributed by atoms with van der Waals surface area (Å²) in [5.74, 6) is 0.196. The first-order valence-electron chi connectivity index (χ1n) is 12.2. The maximum Gasteiger partial charge on any atom is 0.320 e. The third-order valence-corrected chi connectivity index (χ3v) is 9.07. The molecule has 1 atom stereocenters. The fraction of sp³-hybridized carbons (Fsp3) is 0.667. The largest absolute Gasteiger partial charge is 0.340 e. The first kappa shape index (κ1) is 24.0. The highest BCUT2D eigenvalue weighted by atomic mass is 32.2. The summed E-state index contributed by atoms with van der Waals surface area (Å²) in [6.45, 7) is 8.32. The first-order chi connectivity index (χ1) is 15.8. The SMILES string of the molecule is CC(C)c1ccc(S(=O)(=O)N2CCN(C(=O)[C@@H]3CCCN(C(=O)N4CCCC4)C3)CC2)cc1. The Morgan fingerprint density at radius 3 is 2.03 bits per heavy atom. The predicted octanol–water partition coefficient (Wildman–Crippen LogP) is 2.57. The quantitative estimate of drug-likeness (QED) is 0.669. The van der Waals surface area contributed by atoms with E-state index >= 15 is 0 Å². The molecule has 3 aliphatic heterocycles. The van der Waals surface area contributed by atoms with Crippen molar-refractivity contribution in [2.24, 2.45) is 5.92 Å². The number of benzene rings is 1. The Kier molecular flexibility index (Phi) is 7.28. The smallest absolute Gasteiger partial charge is 0.320 e. The Morgan fingerprint density at radius 2 is 1.42 bits per heavy atom. The van der Waals surface area contributed by atoms with Gasteiger partial charge in [0.05, 0.1) is 10.8 Å². The van der Waals surface area contributed by atoms with Crippen LogP contribution in [0, 0.1) is 5.92 Å². The van der Waals surface area contributed by atoms with Crippen molar-refractivity contribution in [3.63, 3.8) is 0 Å². The fourth-order valence-electron chi connectivity index (χ4n) is 5.04. The highest BCUT2D eigenvalue weighted by Gasteiger charge is 2.36. The second kappa shape index (κ2) is 10.0. The molecule has 0 aromatic heterocycles. The second-order valence-electron chi connectivity index (χ2n) is 9.72. The fourth-order valence-corrected chi connectivity index (χ4v) is 6.46. The van der Waals surface area contributed by atoms with Crippen LogP contribution in [0.4, 0.5) is 4.79 Å². The van der Waals surface area contributed by atoms with Crippen molar-refractivity contribution in [2.75, 3.05) is 52.4 Å². The molecule has 3 amide bonds. The summed E-state index contributed by atoms with van der Waals surface area (Å²) in [4.78, 5) is 31.7. The Morgan fingerprint density at radius 1 is 0.818 bits per heavy atom. The summed E-state index contributed by atoms with van der Waals surface area (Å²) in [6, 6.07) is 7.15. The first-order valence-corrected chi connectivity index (χ1v) is 13.6. The van der Waals surface area contributed by atoms with Crippen LogP contribution in [0.1, 0.15) is 51.0 Å². The minimum atomic E-state index is -3.57. The number of amides is 3. The van der Waals surface area contributed by atoms with Crippen LogP contribution in [0.3, 0.4) is 0 Å². The zero-order valence-corrected chi connectivity index (χ0v) is 20.6. The number of piperazine rings is 1. The van der Waals surface area contributed by atoms with Gasteiger partial charge in [-0.25, -0.2) is 13.2 Å². The van der Waals surface area contributed by atoms with Gasteiger partial charge >= 0.3 is 6.03 Å². The third kappa shape index (κ3) is 5.19. The molecule has 4 rings (SSSR count). The van der Waals surface area contributed by atoms with E-state index in [2.05, 4.69) is 13.8 Å². The van der Waals surface area contributed by atoms with Crippen LogP contribution in [0.5, 0.6) is 0 Å². The number of hydrogen-bond acceptors (Lipinski definition) is 4. The maximum atomic E-state index is 13.2. The van der Waals surface area contributed by atoms with Gasteiger partial charge in [0.15, 0.2) is 0 Å². The summed E-state index contributed by atoms with van der Waals surface area (Å²) in [7, 11) is -3.57. The van der Waals surface area contributed by atoms with Gasteiger partial charge in [0.25, 0.3) is 0 Å². The molecule has 0 unspecified atom stereocenters. The molecule has 0 N–H and O–H groups in total. The number of likely N-dealkylation sites (tertiary alicyclic amines) is 2. The van der Waals surface area contributed by atoms with E-state index in [0.717, 1.165) is 44.3 Å². The molecule has 1 aromatic carbocycles. The number of nitrogens with zero attached hydrogens (tertiary/aromatic N) is 4. The van der Waals surface area contributed by atoms with Gasteiger partial charge in [-0.05, 0) is 49.3 Å². The van der Waals surface area contributed by atoms with E-state index in [1.807, 2.05) is 21.9 Å². The number of carbonyl (C=O) groups is 2. The number of sulfonamides is 1. The number of piperidine rings is 1. The molecule has 0 bridgehead atoms. The molecular weight excluding hydrogens is 440 g/mol. The molecule has 8 nitrogen and oxygen atoms in total. The molecule has 3 heterocycles. The average molecular weight is 477 g/mol. The Balaban J connectivity index is 1.33. The monoisotopic (exact) mass is 476 g/mol. The third-order valence-electron chi connectivity index (χ3n) is 7.15. The number of urea groups is 1. The summed E-state index contributed by atoms with van der Waals surface area (Å²) < 4.78 is 27.6. The van der Waals surface area contributed by atoms with Gasteiger partial charge < -0.3 is 14.7 Å². The van der Waals surface area contributed by atoms with Gasteiger partial charge in [-0.15, -0.1) is 0 Å². The summed E-state index contributed by atoms with van der Waals surface area (Å²) in [5.41, 5.74) is 1.11. The topological polar surface area (TPSA) is 81.2 Å². The van der Waals surface area contributed by atoms with E-state index in [-0.39, 0.29) is 17.9 Å². The summed E-state index contributed by atoms with van der Waals surface area (Å²) in [6.07, 6.45) is 3.72. The Hall–Kier alpha value is -2.13. The van der Waals surface area contributed by atoms with E-state index in [1.165, 1.54) is 4.31 Å². The van der Waals surface area contributed by atoms with Crippen LogP contribution >= 0.6 is 0 Å². The molecule has 0 saturated carbocycles. The van der Waals surface area contributed by atoms with Gasteiger partial charge in [-0.2, -0.15) is 4.31 Å². The van der Waals surface area contributed by atoms with E-state index in [1.54, 1.807) is 17.0 Å². The van der Waals surface area contributed by atoms with Gasteiger partial charge in [0.1, 0.15) is 0 Å². The van der Waals surface area contributed by atoms with E-state index in [0.29, 0.717) is 50.1 Å². The lowest BCUT2D eigenvalue weighted by Crippen LogP contribution is -2.54. The second-order valence-corrected chi connectivity index (χ2v) is 11.7. The number of rotatable bonds is 4. The van der Waals surface area contributed by atoms with Crippen LogP contribution < -0.4 is 0 Å². The highest BCUT2D eigenvalue weighted by molar-refractivity contribution is 7.89. The molecule has 3 saturated heterocycles. The van der Waals surface area contributed by atoms with E-state index in [4.69, 9.17) is 0 Å².